The van der Waals surface area contributed by atoms with Crippen molar-refractivity contribution in [2.45, 2.75) is 32.2 Å². The minimum Gasteiger partial charge on any atom is -0.490 e. The summed E-state index contributed by atoms with van der Waals surface area (Å²) in [6.07, 6.45) is 6.49. The molecule has 0 radical (unpaired) electrons. The van der Waals surface area contributed by atoms with E-state index in [9.17, 15) is 4.39 Å². The molecule has 0 saturated heterocycles. The van der Waals surface area contributed by atoms with E-state index in [0.717, 1.165) is 30.7 Å². The van der Waals surface area contributed by atoms with Crippen LogP contribution in [0.3, 0.4) is 0 Å². The number of fused-ring (bicyclic) bond motifs is 1. The molecule has 0 fully saturated rings. The second-order valence-electron chi connectivity index (χ2n) is 4.59. The number of hydrogen-bond donors (Lipinski definition) is 1. The van der Waals surface area contributed by atoms with Crippen LogP contribution in [-0.2, 0) is 6.42 Å². The van der Waals surface area contributed by atoms with E-state index >= 15 is 0 Å². The van der Waals surface area contributed by atoms with Gasteiger partial charge >= 0.3 is 0 Å². The van der Waals surface area contributed by atoms with Gasteiger partial charge in [-0.15, -0.1) is 0 Å². The van der Waals surface area contributed by atoms with E-state index in [4.69, 9.17) is 10.5 Å². The molecule has 0 aliphatic rings. The Balaban J connectivity index is 2.04. The van der Waals surface area contributed by atoms with Gasteiger partial charge in [0.1, 0.15) is 12.4 Å². The van der Waals surface area contributed by atoms with Gasteiger partial charge in [0.2, 0.25) is 0 Å². The van der Waals surface area contributed by atoms with Gasteiger partial charge in [0.25, 0.3) is 0 Å². The number of aryl methyl sites for hydroxylation is 1. The molecule has 0 aromatic carbocycles. The van der Waals surface area contributed by atoms with Gasteiger partial charge in [-0.05, 0) is 24.6 Å². The van der Waals surface area contributed by atoms with Crippen molar-refractivity contribution >= 4 is 5.65 Å². The lowest BCUT2D eigenvalue weighted by molar-refractivity contribution is 0.304. The first-order valence-electron chi connectivity index (χ1n) is 6.73. The molecule has 2 rings (SSSR count). The molecule has 2 heterocycles. The molecule has 0 saturated carbocycles. The monoisotopic (exact) mass is 278 g/mol. The molecular formula is C14H19FN4O. The van der Waals surface area contributed by atoms with Crippen LogP contribution in [0.2, 0.25) is 0 Å². The fourth-order valence-electron chi connectivity index (χ4n) is 1.78. The molecule has 0 aliphatic heterocycles. The van der Waals surface area contributed by atoms with Gasteiger partial charge in [0, 0.05) is 6.42 Å². The lowest BCUT2D eigenvalue weighted by Crippen LogP contribution is -2.25. The number of nitrogens with two attached hydrogens (primary N) is 1. The SMILES string of the molecule is CCCCc1nc2ccc(OCC(N)C=CF)cn2n1. The zero-order chi connectivity index (χ0) is 14.4. The Labute approximate surface area is 117 Å². The molecule has 108 valence electrons. The fourth-order valence-corrected chi connectivity index (χ4v) is 1.78. The summed E-state index contributed by atoms with van der Waals surface area (Å²) in [6, 6.07) is 3.18. The summed E-state index contributed by atoms with van der Waals surface area (Å²) in [4.78, 5) is 4.43. The molecule has 2 aromatic rings. The van der Waals surface area contributed by atoms with Crippen molar-refractivity contribution in [3.63, 3.8) is 0 Å². The summed E-state index contributed by atoms with van der Waals surface area (Å²) in [5.74, 6) is 1.47. The average Bonchev–Trinajstić information content (AvgIpc) is 2.85. The highest BCUT2D eigenvalue weighted by Gasteiger charge is 2.05. The van der Waals surface area contributed by atoms with Crippen molar-refractivity contribution in [1.29, 1.82) is 0 Å². The molecule has 5 nitrogen and oxygen atoms in total. The van der Waals surface area contributed by atoms with Gasteiger partial charge in [0.05, 0.1) is 18.6 Å². The number of unbranched alkanes of at least 4 members (excludes halogenated alkanes) is 1. The van der Waals surface area contributed by atoms with Crippen molar-refractivity contribution in [3.05, 3.63) is 36.6 Å². The first kappa shape index (κ1) is 14.5. The first-order chi connectivity index (χ1) is 9.72. The third-order valence-electron chi connectivity index (χ3n) is 2.86. The Morgan fingerprint density at radius 3 is 3.10 bits per heavy atom. The second-order valence-corrected chi connectivity index (χ2v) is 4.59. The van der Waals surface area contributed by atoms with E-state index in [1.807, 2.05) is 6.07 Å². The number of hydrogen-bond acceptors (Lipinski definition) is 4. The van der Waals surface area contributed by atoms with Crippen LogP contribution in [0.5, 0.6) is 5.75 Å². The predicted octanol–water partition coefficient (Wildman–Crippen LogP) is 2.26. The van der Waals surface area contributed by atoms with Crippen molar-refractivity contribution in [2.75, 3.05) is 6.61 Å². The number of halogens is 1. The van der Waals surface area contributed by atoms with Crippen LogP contribution >= 0.6 is 0 Å². The van der Waals surface area contributed by atoms with Crippen LogP contribution in [0.4, 0.5) is 4.39 Å². The van der Waals surface area contributed by atoms with Gasteiger partial charge in [-0.3, -0.25) is 0 Å². The smallest absolute Gasteiger partial charge is 0.155 e. The van der Waals surface area contributed by atoms with Gasteiger partial charge < -0.3 is 10.5 Å². The van der Waals surface area contributed by atoms with Crippen molar-refractivity contribution in [1.82, 2.24) is 14.6 Å². The second kappa shape index (κ2) is 7.00. The summed E-state index contributed by atoms with van der Waals surface area (Å²) < 4.78 is 19.1. The van der Waals surface area contributed by atoms with Gasteiger partial charge in [-0.2, -0.15) is 5.10 Å². The molecule has 20 heavy (non-hydrogen) atoms. The highest BCUT2D eigenvalue weighted by atomic mass is 19.1. The number of nitrogens with zero attached hydrogens (tertiary/aromatic N) is 3. The van der Waals surface area contributed by atoms with Crippen molar-refractivity contribution in [2.24, 2.45) is 5.73 Å². The zero-order valence-electron chi connectivity index (χ0n) is 11.5. The van der Waals surface area contributed by atoms with E-state index in [-0.39, 0.29) is 6.61 Å². The topological polar surface area (TPSA) is 65.4 Å². The summed E-state index contributed by atoms with van der Waals surface area (Å²) in [5.41, 5.74) is 6.41. The molecule has 0 aliphatic carbocycles. The van der Waals surface area contributed by atoms with Gasteiger partial charge in [0.15, 0.2) is 11.5 Å². The first-order valence-corrected chi connectivity index (χ1v) is 6.73. The molecule has 0 bridgehead atoms. The number of pyridine rings is 1. The summed E-state index contributed by atoms with van der Waals surface area (Å²) in [5, 5.41) is 4.39. The van der Waals surface area contributed by atoms with Gasteiger partial charge in [-0.1, -0.05) is 13.3 Å². The highest BCUT2D eigenvalue weighted by molar-refractivity contribution is 5.40. The molecule has 2 N–H and O–H groups in total. The zero-order valence-corrected chi connectivity index (χ0v) is 11.5. The summed E-state index contributed by atoms with van der Waals surface area (Å²) >= 11 is 0. The molecule has 6 heteroatoms. The third kappa shape index (κ3) is 3.77. The lowest BCUT2D eigenvalue weighted by atomic mass is 10.2. The van der Waals surface area contributed by atoms with Gasteiger partial charge in [-0.25, -0.2) is 13.9 Å². The van der Waals surface area contributed by atoms with Crippen molar-refractivity contribution < 1.29 is 9.13 Å². The molecule has 1 atom stereocenters. The number of ether oxygens (including phenoxy) is 1. The van der Waals surface area contributed by atoms with E-state index in [1.165, 1.54) is 6.08 Å². The lowest BCUT2D eigenvalue weighted by Gasteiger charge is -2.08. The van der Waals surface area contributed by atoms with E-state index in [2.05, 4.69) is 17.0 Å². The maximum absolute atomic E-state index is 11.9. The van der Waals surface area contributed by atoms with Crippen LogP contribution in [0.1, 0.15) is 25.6 Å². The third-order valence-corrected chi connectivity index (χ3v) is 2.86. The average molecular weight is 278 g/mol. The maximum atomic E-state index is 11.9. The Morgan fingerprint density at radius 2 is 2.35 bits per heavy atom. The maximum Gasteiger partial charge on any atom is 0.155 e. The normalized spacial score (nSPS) is 13.2. The summed E-state index contributed by atoms with van der Waals surface area (Å²) in [7, 11) is 0. The predicted molar refractivity (Wildman–Crippen MR) is 75.3 cm³/mol. The van der Waals surface area contributed by atoms with Crippen molar-refractivity contribution in [3.8, 4) is 5.75 Å². The molecular weight excluding hydrogens is 259 g/mol. The van der Waals surface area contributed by atoms with Crippen LogP contribution < -0.4 is 10.5 Å². The fraction of sp³-hybridized carbons (Fsp3) is 0.429. The van der Waals surface area contributed by atoms with Crippen LogP contribution in [0.15, 0.2) is 30.7 Å². The standard InChI is InChI=1S/C14H19FN4O/c1-2-3-4-13-17-14-6-5-12(9-19(14)18-13)20-10-11(16)7-8-15/h5-9,11H,2-4,10,16H2,1H3. The number of rotatable bonds is 7. The molecule has 2 aromatic heterocycles. The molecule has 0 spiro atoms. The highest BCUT2D eigenvalue weighted by Crippen LogP contribution is 2.13. The largest absolute Gasteiger partial charge is 0.490 e. The van der Waals surface area contributed by atoms with E-state index < -0.39 is 6.04 Å². The van der Waals surface area contributed by atoms with Crippen LogP contribution in [0.25, 0.3) is 5.65 Å². The molecule has 0 amide bonds. The Bertz CT molecular complexity index is 582. The Kier molecular flexibility index (Phi) is 5.06. The van der Waals surface area contributed by atoms with Crippen LogP contribution in [0, 0.1) is 0 Å². The Morgan fingerprint density at radius 1 is 1.50 bits per heavy atom. The minimum atomic E-state index is -0.466. The quantitative estimate of drug-likeness (QED) is 0.843. The molecule has 1 unspecified atom stereocenters. The Hall–Kier alpha value is -1.95. The summed E-state index contributed by atoms with van der Waals surface area (Å²) in [6.45, 7) is 2.35. The van der Waals surface area contributed by atoms with Crippen LogP contribution in [-0.4, -0.2) is 27.2 Å². The van der Waals surface area contributed by atoms with E-state index in [1.54, 1.807) is 16.8 Å². The van der Waals surface area contributed by atoms with E-state index in [0.29, 0.717) is 12.1 Å². The number of aromatic nitrogens is 3. The minimum absolute atomic E-state index is 0.212.